The molecule has 4 aromatic rings. The smallest absolute Gasteiger partial charge is 0.415 e. The molecule has 0 fully saturated rings. The molecule has 0 atom stereocenters. The van der Waals surface area contributed by atoms with Crippen LogP contribution in [0, 0.1) is 5.82 Å². The van der Waals surface area contributed by atoms with Crippen LogP contribution in [0.2, 0.25) is 5.02 Å². The molecule has 37 heavy (non-hydrogen) atoms. The van der Waals surface area contributed by atoms with Gasteiger partial charge in [-0.2, -0.15) is 0 Å². The van der Waals surface area contributed by atoms with Gasteiger partial charge in [-0.15, -0.1) is 0 Å². The van der Waals surface area contributed by atoms with E-state index >= 15 is 0 Å². The number of anilines is 1. The Bertz CT molecular complexity index is 1420. The molecule has 192 valence electrons. The number of hydrogen-bond acceptors (Lipinski definition) is 4. The summed E-state index contributed by atoms with van der Waals surface area (Å²) >= 11 is 5.99. The number of halogens is 2. The van der Waals surface area contributed by atoms with Gasteiger partial charge in [-0.25, -0.2) is 9.18 Å². The minimum Gasteiger partial charge on any atom is -0.484 e. The van der Waals surface area contributed by atoms with E-state index in [4.69, 9.17) is 21.1 Å². The molecule has 0 bridgehead atoms. The van der Waals surface area contributed by atoms with E-state index in [9.17, 15) is 14.0 Å². The fourth-order valence-electron chi connectivity index (χ4n) is 3.94. The number of amides is 2. The lowest BCUT2D eigenvalue weighted by Gasteiger charge is -2.20. The lowest BCUT2D eigenvalue weighted by molar-refractivity contribution is -0.118. The number of carbonyl (C=O) groups is 2. The third-order valence-corrected chi connectivity index (χ3v) is 6.10. The fraction of sp³-hybridized carbons (Fsp3) is 0.214. The third-order valence-electron chi connectivity index (χ3n) is 5.86. The Morgan fingerprint density at radius 1 is 1.03 bits per heavy atom. The minimum absolute atomic E-state index is 0.198. The van der Waals surface area contributed by atoms with Gasteiger partial charge in [0.2, 0.25) is 0 Å². The average molecular weight is 524 g/mol. The van der Waals surface area contributed by atoms with Gasteiger partial charge in [0.15, 0.2) is 12.4 Å². The Morgan fingerprint density at radius 3 is 2.54 bits per heavy atom. The van der Waals surface area contributed by atoms with Crippen molar-refractivity contribution in [2.75, 3.05) is 25.0 Å². The first-order chi connectivity index (χ1) is 17.9. The molecule has 0 saturated carbocycles. The van der Waals surface area contributed by atoms with E-state index in [1.807, 2.05) is 18.4 Å². The summed E-state index contributed by atoms with van der Waals surface area (Å²) in [7, 11) is 0. The first-order valence-corrected chi connectivity index (χ1v) is 12.3. The molecule has 3 aromatic carbocycles. The lowest BCUT2D eigenvalue weighted by Crippen LogP contribution is -2.33. The topological polar surface area (TPSA) is 72.8 Å². The van der Waals surface area contributed by atoms with Crippen LogP contribution in [0.5, 0.6) is 11.5 Å². The van der Waals surface area contributed by atoms with Crippen LogP contribution in [0.4, 0.5) is 14.9 Å². The maximum absolute atomic E-state index is 14.3. The Hall–Kier alpha value is -4.04. The first-order valence-electron chi connectivity index (χ1n) is 11.9. The maximum atomic E-state index is 14.3. The van der Waals surface area contributed by atoms with Gasteiger partial charge in [-0.1, -0.05) is 35.9 Å². The Labute approximate surface area is 219 Å². The van der Waals surface area contributed by atoms with Gasteiger partial charge in [-0.3, -0.25) is 4.79 Å². The molecule has 0 aliphatic rings. The van der Waals surface area contributed by atoms with Crippen molar-refractivity contribution in [2.45, 2.75) is 20.4 Å². The number of nitrogens with one attached hydrogen (secondary N) is 1. The van der Waals surface area contributed by atoms with Gasteiger partial charge >= 0.3 is 6.09 Å². The van der Waals surface area contributed by atoms with Crippen LogP contribution < -0.4 is 14.8 Å². The lowest BCUT2D eigenvalue weighted by atomic mass is 10.2. The number of aromatic nitrogens is 1. The van der Waals surface area contributed by atoms with Crippen molar-refractivity contribution in [2.24, 2.45) is 0 Å². The molecule has 1 N–H and O–H groups in total. The van der Waals surface area contributed by atoms with Crippen LogP contribution >= 0.6 is 11.6 Å². The van der Waals surface area contributed by atoms with E-state index in [1.165, 1.54) is 11.0 Å². The molecule has 7 nitrogen and oxygen atoms in total. The predicted molar refractivity (Wildman–Crippen MR) is 142 cm³/mol. The summed E-state index contributed by atoms with van der Waals surface area (Å²) in [6.07, 6.45) is 1.27. The van der Waals surface area contributed by atoms with Gasteiger partial charge in [0.25, 0.3) is 5.91 Å². The largest absolute Gasteiger partial charge is 0.484 e. The number of rotatable bonds is 9. The highest BCUT2D eigenvalue weighted by molar-refractivity contribution is 6.30. The zero-order valence-electron chi connectivity index (χ0n) is 20.5. The zero-order chi connectivity index (χ0) is 26.4. The molecular weight excluding hydrogens is 497 g/mol. The molecule has 0 aliphatic heterocycles. The number of nitrogens with zero attached hydrogens (tertiary/aromatic N) is 2. The summed E-state index contributed by atoms with van der Waals surface area (Å²) in [5.74, 6) is -0.107. The monoisotopic (exact) mass is 523 g/mol. The van der Waals surface area contributed by atoms with Crippen LogP contribution in [0.3, 0.4) is 0 Å². The summed E-state index contributed by atoms with van der Waals surface area (Å²) < 4.78 is 27.4. The normalized spacial score (nSPS) is 10.8. The van der Waals surface area contributed by atoms with Crippen LogP contribution in [0.25, 0.3) is 10.9 Å². The molecule has 0 saturated heterocycles. The van der Waals surface area contributed by atoms with Crippen LogP contribution in [-0.2, 0) is 11.3 Å². The van der Waals surface area contributed by atoms with Crippen molar-refractivity contribution in [3.8, 4) is 11.5 Å². The second-order valence-electron chi connectivity index (χ2n) is 8.24. The molecule has 9 heteroatoms. The maximum Gasteiger partial charge on any atom is 0.415 e. The van der Waals surface area contributed by atoms with Crippen molar-refractivity contribution < 1.29 is 23.5 Å². The molecule has 0 aliphatic carbocycles. The van der Waals surface area contributed by atoms with Gasteiger partial charge in [0.1, 0.15) is 11.6 Å². The van der Waals surface area contributed by atoms with E-state index in [-0.39, 0.29) is 18.2 Å². The van der Waals surface area contributed by atoms with Gasteiger partial charge in [0.05, 0.1) is 17.7 Å². The summed E-state index contributed by atoms with van der Waals surface area (Å²) in [5.41, 5.74) is 1.58. The van der Waals surface area contributed by atoms with Crippen molar-refractivity contribution in [1.29, 1.82) is 0 Å². The second-order valence-corrected chi connectivity index (χ2v) is 8.68. The van der Waals surface area contributed by atoms with E-state index < -0.39 is 12.0 Å². The fourth-order valence-corrected chi connectivity index (χ4v) is 4.12. The zero-order valence-corrected chi connectivity index (χ0v) is 21.3. The van der Waals surface area contributed by atoms with E-state index in [0.717, 1.165) is 5.52 Å². The number of hydrogen-bond donors (Lipinski definition) is 1. The standard InChI is InChI=1S/C28H27ClFN3O4/c1-3-32(4-2)28(35)37-25-13-12-24-22(14-15-33(24)17-19-8-5-6-11-23(19)30)27(25)31-26(34)18-36-21-10-7-9-20(29)16-21/h5-16H,3-4,17-18H2,1-2H3,(H,31,34). The Morgan fingerprint density at radius 2 is 1.81 bits per heavy atom. The van der Waals surface area contributed by atoms with Crippen molar-refractivity contribution in [3.05, 3.63) is 89.3 Å². The van der Waals surface area contributed by atoms with E-state index in [0.29, 0.717) is 47.0 Å². The van der Waals surface area contributed by atoms with Gasteiger partial charge in [-0.05, 0) is 56.3 Å². The highest BCUT2D eigenvalue weighted by atomic mass is 35.5. The molecular formula is C28H27ClFN3O4. The van der Waals surface area contributed by atoms with Gasteiger partial charge in [0, 0.05) is 35.3 Å². The average Bonchev–Trinajstić information content (AvgIpc) is 3.29. The molecule has 0 unspecified atom stereocenters. The summed E-state index contributed by atoms with van der Waals surface area (Å²) in [5, 5.41) is 3.95. The number of fused-ring (bicyclic) bond motifs is 1. The molecule has 1 heterocycles. The van der Waals surface area contributed by atoms with Crippen molar-refractivity contribution in [1.82, 2.24) is 9.47 Å². The Kier molecular flexibility index (Phi) is 8.30. The van der Waals surface area contributed by atoms with E-state index in [2.05, 4.69) is 5.32 Å². The molecule has 1 aromatic heterocycles. The van der Waals surface area contributed by atoms with Gasteiger partial charge < -0.3 is 24.3 Å². The van der Waals surface area contributed by atoms with Crippen LogP contribution in [0.15, 0.2) is 72.9 Å². The number of ether oxygens (including phenoxy) is 2. The highest BCUT2D eigenvalue weighted by Gasteiger charge is 2.20. The minimum atomic E-state index is -0.527. The number of benzene rings is 3. The quantitative estimate of drug-likeness (QED) is 0.278. The van der Waals surface area contributed by atoms with Crippen LogP contribution in [0.1, 0.15) is 19.4 Å². The van der Waals surface area contributed by atoms with Crippen LogP contribution in [-0.4, -0.2) is 41.2 Å². The second kappa shape index (κ2) is 11.8. The molecule has 0 radical (unpaired) electrons. The summed E-state index contributed by atoms with van der Waals surface area (Å²) in [6.45, 7) is 4.67. The summed E-state index contributed by atoms with van der Waals surface area (Å²) in [4.78, 5) is 27.1. The van der Waals surface area contributed by atoms with Crippen molar-refractivity contribution >= 4 is 40.2 Å². The SMILES string of the molecule is CCN(CC)C(=O)Oc1ccc2c(ccn2Cc2ccccc2F)c1NC(=O)COc1cccc(Cl)c1. The highest BCUT2D eigenvalue weighted by Crippen LogP contribution is 2.35. The van der Waals surface area contributed by atoms with E-state index in [1.54, 1.807) is 66.9 Å². The Balaban J connectivity index is 1.64. The van der Waals surface area contributed by atoms with Crippen molar-refractivity contribution in [3.63, 3.8) is 0 Å². The number of carbonyl (C=O) groups excluding carboxylic acids is 2. The molecule has 4 rings (SSSR count). The summed E-state index contributed by atoms with van der Waals surface area (Å²) in [6, 6.07) is 18.5. The molecule has 0 spiro atoms. The first kappa shape index (κ1) is 26.0. The third kappa shape index (κ3) is 6.21. The molecule has 2 amide bonds. The predicted octanol–water partition coefficient (Wildman–Crippen LogP) is 6.34.